The second-order valence-electron chi connectivity index (χ2n) is 16.0. The van der Waals surface area contributed by atoms with Crippen molar-refractivity contribution < 1.29 is 0 Å². The van der Waals surface area contributed by atoms with E-state index in [1.165, 1.54) is 48.7 Å². The smallest absolute Gasteiger partial charge is 0.164 e. The lowest BCUT2D eigenvalue weighted by Gasteiger charge is -2.15. The van der Waals surface area contributed by atoms with Gasteiger partial charge in [0, 0.05) is 49.6 Å². The molecule has 288 valence electrons. The maximum absolute atomic E-state index is 5.30. The Morgan fingerprint density at radius 2 is 0.806 bits per heavy atom. The van der Waals surface area contributed by atoms with Crippen LogP contribution < -0.4 is 0 Å². The summed E-state index contributed by atoms with van der Waals surface area (Å²) in [5.74, 6) is 1.89. The number of hydrogen-bond acceptors (Lipinski definition) is 3. The molecule has 13 aromatic rings. The summed E-state index contributed by atoms with van der Waals surface area (Å²) in [5, 5.41) is 11.9. The monoisotopic (exact) mass is 789 g/mol. The molecule has 3 heterocycles. The first-order valence-electron chi connectivity index (χ1n) is 21.0. The van der Waals surface area contributed by atoms with Crippen LogP contribution in [-0.2, 0) is 0 Å². The SMILES string of the molecule is c1ccc(-c2nc(-c3ccc4ccccc4c3)nc(-c3cc(-n4c5ccccc5c5c6c7c8ccccc8ccc7n(-c7ccccc7)c6ccc54)cc4ccccc34)n2)cc1. The highest BCUT2D eigenvalue weighted by Gasteiger charge is 2.23. The Bertz CT molecular complexity index is 3920. The van der Waals surface area contributed by atoms with E-state index in [0.29, 0.717) is 17.5 Å². The third-order valence-electron chi connectivity index (χ3n) is 12.5. The van der Waals surface area contributed by atoms with Crippen molar-refractivity contribution in [3.05, 3.63) is 212 Å². The third-order valence-corrected chi connectivity index (χ3v) is 12.5. The van der Waals surface area contributed by atoms with Gasteiger partial charge in [-0.3, -0.25) is 0 Å². The molecule has 0 bridgehead atoms. The summed E-state index contributed by atoms with van der Waals surface area (Å²) >= 11 is 0. The van der Waals surface area contributed by atoms with E-state index in [0.717, 1.165) is 55.3 Å². The van der Waals surface area contributed by atoms with E-state index < -0.39 is 0 Å². The highest BCUT2D eigenvalue weighted by molar-refractivity contribution is 6.33. The van der Waals surface area contributed by atoms with Crippen LogP contribution in [0.1, 0.15) is 0 Å². The summed E-state index contributed by atoms with van der Waals surface area (Å²) in [7, 11) is 0. The van der Waals surface area contributed by atoms with E-state index in [2.05, 4.69) is 203 Å². The lowest BCUT2D eigenvalue weighted by Crippen LogP contribution is -2.02. The van der Waals surface area contributed by atoms with Crippen molar-refractivity contribution in [2.45, 2.75) is 0 Å². The topological polar surface area (TPSA) is 48.5 Å². The fourth-order valence-electron chi connectivity index (χ4n) is 9.74. The van der Waals surface area contributed by atoms with Gasteiger partial charge in [-0.15, -0.1) is 0 Å². The molecule has 3 aromatic heterocycles. The van der Waals surface area contributed by atoms with Crippen molar-refractivity contribution in [3.63, 3.8) is 0 Å². The predicted octanol–water partition coefficient (Wildman–Crippen LogP) is 14.5. The van der Waals surface area contributed by atoms with Gasteiger partial charge >= 0.3 is 0 Å². The Hall–Kier alpha value is -8.41. The fraction of sp³-hybridized carbons (Fsp3) is 0. The summed E-state index contributed by atoms with van der Waals surface area (Å²) in [6, 6.07) is 75.7. The van der Waals surface area contributed by atoms with Gasteiger partial charge in [0.2, 0.25) is 0 Å². The minimum Gasteiger partial charge on any atom is -0.309 e. The van der Waals surface area contributed by atoms with Gasteiger partial charge in [-0.1, -0.05) is 158 Å². The van der Waals surface area contributed by atoms with Crippen molar-refractivity contribution in [2.24, 2.45) is 0 Å². The molecule has 10 aromatic carbocycles. The zero-order valence-electron chi connectivity index (χ0n) is 33.4. The lowest BCUT2D eigenvalue weighted by molar-refractivity contribution is 1.07. The van der Waals surface area contributed by atoms with E-state index in [9.17, 15) is 0 Å². The average Bonchev–Trinajstić information content (AvgIpc) is 3.87. The summed E-state index contributed by atoms with van der Waals surface area (Å²) in [4.78, 5) is 15.7. The first-order valence-corrected chi connectivity index (χ1v) is 21.0. The Labute approximate surface area is 356 Å². The molecule has 5 heteroatoms. The van der Waals surface area contributed by atoms with Gasteiger partial charge in [0.25, 0.3) is 0 Å². The number of benzene rings is 10. The molecular formula is C57H35N5. The average molecular weight is 790 g/mol. The normalized spacial score (nSPS) is 11.9. The molecule has 0 unspecified atom stereocenters. The Morgan fingerprint density at radius 3 is 1.60 bits per heavy atom. The van der Waals surface area contributed by atoms with Crippen LogP contribution in [0, 0.1) is 0 Å². The molecular weight excluding hydrogens is 755 g/mol. The molecule has 62 heavy (non-hydrogen) atoms. The Kier molecular flexibility index (Phi) is 7.54. The van der Waals surface area contributed by atoms with Crippen LogP contribution in [0.25, 0.3) is 121 Å². The van der Waals surface area contributed by atoms with Crippen LogP contribution in [0.15, 0.2) is 212 Å². The minimum absolute atomic E-state index is 0.626. The van der Waals surface area contributed by atoms with Crippen LogP contribution in [0.4, 0.5) is 0 Å². The quantitative estimate of drug-likeness (QED) is 0.174. The van der Waals surface area contributed by atoms with Crippen LogP contribution in [0.3, 0.4) is 0 Å². The van der Waals surface area contributed by atoms with Gasteiger partial charge < -0.3 is 9.13 Å². The van der Waals surface area contributed by atoms with E-state index in [-0.39, 0.29) is 0 Å². The fourth-order valence-corrected chi connectivity index (χ4v) is 9.74. The van der Waals surface area contributed by atoms with E-state index in [1.54, 1.807) is 0 Å². The molecule has 0 aliphatic heterocycles. The maximum Gasteiger partial charge on any atom is 0.164 e. The van der Waals surface area contributed by atoms with Gasteiger partial charge in [-0.05, 0) is 86.9 Å². The van der Waals surface area contributed by atoms with Gasteiger partial charge in [0.05, 0.1) is 22.1 Å². The van der Waals surface area contributed by atoms with Gasteiger partial charge in [0.15, 0.2) is 17.5 Å². The van der Waals surface area contributed by atoms with Crippen LogP contribution in [0.2, 0.25) is 0 Å². The summed E-state index contributed by atoms with van der Waals surface area (Å²) < 4.78 is 4.86. The third kappa shape index (κ3) is 5.25. The first kappa shape index (κ1) is 34.5. The molecule has 0 aliphatic carbocycles. The summed E-state index contributed by atoms with van der Waals surface area (Å²) in [5.41, 5.74) is 9.64. The standard InChI is InChI=1S/C57H35N5/c1-3-17-38(18-4-1)55-58-56(41-28-27-36-15-7-8-19-39(36)33-41)60-57(59-55)47-35-43(34-40-20-10-11-23-44(40)47)62-48-26-14-13-25-46(48)53-50(62)31-32-51-54(53)52-45-24-12-9-16-37(45)29-30-49(52)61(51)42-21-5-2-6-22-42/h1-35H. The molecule has 0 fully saturated rings. The highest BCUT2D eigenvalue weighted by atomic mass is 15.0. The van der Waals surface area contributed by atoms with Crippen LogP contribution >= 0.6 is 0 Å². The second-order valence-corrected chi connectivity index (χ2v) is 16.0. The van der Waals surface area contributed by atoms with Crippen LogP contribution in [0.5, 0.6) is 0 Å². The second kappa shape index (κ2) is 13.6. The molecule has 0 spiro atoms. The van der Waals surface area contributed by atoms with E-state index in [4.69, 9.17) is 15.0 Å². The van der Waals surface area contributed by atoms with Crippen molar-refractivity contribution in [3.8, 4) is 45.5 Å². The molecule has 0 saturated carbocycles. The van der Waals surface area contributed by atoms with Gasteiger partial charge in [0.1, 0.15) is 0 Å². The van der Waals surface area contributed by atoms with Crippen molar-refractivity contribution in [2.75, 3.05) is 0 Å². The molecule has 0 amide bonds. The zero-order chi connectivity index (χ0) is 40.7. The summed E-state index contributed by atoms with van der Waals surface area (Å²) in [6.45, 7) is 0. The molecule has 0 saturated heterocycles. The predicted molar refractivity (Wildman–Crippen MR) is 257 cm³/mol. The lowest BCUT2D eigenvalue weighted by atomic mass is 10.0. The zero-order valence-corrected chi connectivity index (χ0v) is 33.4. The molecule has 5 nitrogen and oxygen atoms in total. The molecule has 0 N–H and O–H groups in total. The van der Waals surface area contributed by atoms with E-state index >= 15 is 0 Å². The maximum atomic E-state index is 5.30. The highest BCUT2D eigenvalue weighted by Crippen LogP contribution is 2.45. The molecule has 0 radical (unpaired) electrons. The minimum atomic E-state index is 0.626. The number of nitrogens with zero attached hydrogens (tertiary/aromatic N) is 5. The Morgan fingerprint density at radius 1 is 0.274 bits per heavy atom. The molecule has 13 rings (SSSR count). The number of para-hydroxylation sites is 2. The van der Waals surface area contributed by atoms with Crippen molar-refractivity contribution >= 4 is 75.9 Å². The summed E-state index contributed by atoms with van der Waals surface area (Å²) in [6.07, 6.45) is 0. The molecule has 0 atom stereocenters. The largest absolute Gasteiger partial charge is 0.309 e. The van der Waals surface area contributed by atoms with Crippen molar-refractivity contribution in [1.29, 1.82) is 0 Å². The first-order chi connectivity index (χ1) is 30.7. The number of fused-ring (bicyclic) bond motifs is 11. The van der Waals surface area contributed by atoms with Gasteiger partial charge in [-0.2, -0.15) is 0 Å². The molecule has 0 aliphatic rings. The van der Waals surface area contributed by atoms with Gasteiger partial charge in [-0.25, -0.2) is 15.0 Å². The number of aromatic nitrogens is 5. The number of hydrogen-bond donors (Lipinski definition) is 0. The van der Waals surface area contributed by atoms with E-state index in [1.807, 2.05) is 18.2 Å². The van der Waals surface area contributed by atoms with Crippen molar-refractivity contribution in [1.82, 2.24) is 24.1 Å². The number of rotatable bonds is 5. The Balaban J connectivity index is 1.11. The van der Waals surface area contributed by atoms with Crippen LogP contribution in [-0.4, -0.2) is 24.1 Å².